The van der Waals surface area contributed by atoms with Gasteiger partial charge in [-0.3, -0.25) is 9.59 Å². The molecule has 0 aliphatic heterocycles. The highest BCUT2D eigenvalue weighted by Crippen LogP contribution is 2.51. The molecule has 9 heteroatoms. The molecule has 0 saturated heterocycles. The fourth-order valence-electron chi connectivity index (χ4n) is 7.11. The number of hydrogen-bond donors (Lipinski definition) is 1. The van der Waals surface area contributed by atoms with E-state index in [1.54, 1.807) is 13.2 Å². The number of ether oxygens (including phenoxy) is 2. The zero-order valence-electron chi connectivity index (χ0n) is 24.5. The largest absolute Gasteiger partial charge is 0.497 e. The highest BCUT2D eigenvalue weighted by Gasteiger charge is 2.52. The summed E-state index contributed by atoms with van der Waals surface area (Å²) >= 11 is 0. The minimum Gasteiger partial charge on any atom is -0.497 e. The third-order valence-electron chi connectivity index (χ3n) is 9.65. The van der Waals surface area contributed by atoms with Gasteiger partial charge in [0.05, 0.1) is 30.6 Å². The first-order chi connectivity index (χ1) is 20.3. The van der Waals surface area contributed by atoms with Gasteiger partial charge in [-0.1, -0.05) is 38.2 Å². The number of rotatable bonds is 9. The van der Waals surface area contributed by atoms with E-state index in [4.69, 9.17) is 9.47 Å². The summed E-state index contributed by atoms with van der Waals surface area (Å²) in [4.78, 5) is 26.3. The van der Waals surface area contributed by atoms with Gasteiger partial charge >= 0.3 is 5.97 Å². The summed E-state index contributed by atoms with van der Waals surface area (Å²) in [6.45, 7) is 0.426. The molecule has 3 saturated carbocycles. The predicted octanol–water partition coefficient (Wildman–Crippen LogP) is 6.32. The maximum atomic E-state index is 13.4. The standard InChI is InChI=1S/C33H40N2O6S/c1-40-25-15-12-23(13-16-25)30-29(22-8-4-3-5-9-22)27-17-14-24(31(36)34-42(38,39)26-10-6-7-11-26)20-28(27)35(30)21-33(18-19-33)32(37)41-2/h12-17,20,22,26H,3-11,18-19,21H2,1-2H3,(H,34,36). The van der Waals surface area contributed by atoms with E-state index in [2.05, 4.69) is 21.4 Å². The molecule has 0 bridgehead atoms. The lowest BCUT2D eigenvalue weighted by Gasteiger charge is -2.24. The van der Waals surface area contributed by atoms with Gasteiger partial charge in [0.15, 0.2) is 0 Å². The van der Waals surface area contributed by atoms with Gasteiger partial charge in [0, 0.05) is 23.0 Å². The maximum Gasteiger partial charge on any atom is 0.313 e. The smallest absolute Gasteiger partial charge is 0.313 e. The Morgan fingerprint density at radius 2 is 1.60 bits per heavy atom. The van der Waals surface area contributed by atoms with Gasteiger partial charge in [0.25, 0.3) is 5.91 Å². The van der Waals surface area contributed by atoms with Crippen molar-refractivity contribution < 1.29 is 27.5 Å². The molecule has 0 spiro atoms. The number of esters is 1. The molecule has 224 valence electrons. The van der Waals surface area contributed by atoms with E-state index in [0.29, 0.717) is 30.9 Å². The van der Waals surface area contributed by atoms with Crippen LogP contribution >= 0.6 is 0 Å². The van der Waals surface area contributed by atoms with Crippen molar-refractivity contribution >= 4 is 32.8 Å². The highest BCUT2D eigenvalue weighted by molar-refractivity contribution is 7.90. The van der Waals surface area contributed by atoms with E-state index in [9.17, 15) is 18.0 Å². The van der Waals surface area contributed by atoms with E-state index in [-0.39, 0.29) is 5.97 Å². The summed E-state index contributed by atoms with van der Waals surface area (Å²) in [5, 5.41) is 0.520. The lowest BCUT2D eigenvalue weighted by atomic mass is 9.81. The number of fused-ring (bicyclic) bond motifs is 1. The van der Waals surface area contributed by atoms with Gasteiger partial charge in [-0.2, -0.15) is 0 Å². The van der Waals surface area contributed by atoms with Gasteiger partial charge in [-0.25, -0.2) is 13.1 Å². The Hall–Kier alpha value is -3.33. The molecule has 8 nitrogen and oxygen atoms in total. The molecule has 2 aromatic carbocycles. The number of carbonyl (C=O) groups excluding carboxylic acids is 2. The molecule has 1 N–H and O–H groups in total. The van der Waals surface area contributed by atoms with Crippen LogP contribution in [0.1, 0.15) is 92.5 Å². The van der Waals surface area contributed by atoms with Crippen LogP contribution in [0.5, 0.6) is 5.75 Å². The number of nitrogens with zero attached hydrogens (tertiary/aromatic N) is 1. The van der Waals surface area contributed by atoms with Gasteiger partial charge in [0.1, 0.15) is 5.75 Å². The third-order valence-corrected chi connectivity index (χ3v) is 11.5. The number of sulfonamides is 1. The van der Waals surface area contributed by atoms with Crippen molar-refractivity contribution in [2.45, 2.75) is 88.3 Å². The summed E-state index contributed by atoms with van der Waals surface area (Å²) < 4.78 is 41.1. The molecule has 3 fully saturated rings. The molecule has 3 aliphatic carbocycles. The van der Waals surface area contributed by atoms with E-state index in [1.165, 1.54) is 19.1 Å². The summed E-state index contributed by atoms with van der Waals surface area (Å²) in [6, 6.07) is 13.5. The van der Waals surface area contributed by atoms with Gasteiger partial charge < -0.3 is 14.0 Å². The van der Waals surface area contributed by atoms with E-state index in [0.717, 1.165) is 79.3 Å². The topological polar surface area (TPSA) is 104 Å². The number of methoxy groups -OCH3 is 2. The predicted molar refractivity (Wildman–Crippen MR) is 162 cm³/mol. The Morgan fingerprint density at radius 3 is 2.21 bits per heavy atom. The normalized spacial score (nSPS) is 19.1. The first-order valence-corrected chi connectivity index (χ1v) is 16.8. The zero-order valence-corrected chi connectivity index (χ0v) is 25.3. The van der Waals surface area contributed by atoms with Crippen LogP contribution in [0, 0.1) is 5.41 Å². The quantitative estimate of drug-likeness (QED) is 0.292. The van der Waals surface area contributed by atoms with Crippen LogP contribution in [0.2, 0.25) is 0 Å². The molecule has 1 aromatic heterocycles. The van der Waals surface area contributed by atoms with Crippen LogP contribution in [0.15, 0.2) is 42.5 Å². The van der Waals surface area contributed by atoms with Gasteiger partial charge in [0.2, 0.25) is 10.0 Å². The van der Waals surface area contributed by atoms with Crippen LogP contribution < -0.4 is 9.46 Å². The second-order valence-corrected chi connectivity index (χ2v) is 14.3. The lowest BCUT2D eigenvalue weighted by Crippen LogP contribution is -2.37. The first kappa shape index (κ1) is 28.8. The average molecular weight is 593 g/mol. The molecule has 0 radical (unpaired) electrons. The Balaban J connectivity index is 1.51. The fourth-order valence-corrected chi connectivity index (χ4v) is 8.61. The van der Waals surface area contributed by atoms with E-state index < -0.39 is 26.6 Å². The number of benzene rings is 2. The van der Waals surface area contributed by atoms with Crippen molar-refractivity contribution in [2.24, 2.45) is 5.41 Å². The minimum atomic E-state index is -3.75. The van der Waals surface area contributed by atoms with Crippen molar-refractivity contribution in [1.29, 1.82) is 0 Å². The first-order valence-electron chi connectivity index (χ1n) is 15.2. The van der Waals surface area contributed by atoms with Crippen molar-refractivity contribution in [1.82, 2.24) is 9.29 Å². The Kier molecular flexibility index (Phi) is 7.81. The molecule has 42 heavy (non-hydrogen) atoms. The second-order valence-electron chi connectivity index (χ2n) is 12.3. The van der Waals surface area contributed by atoms with Gasteiger partial charge in [-0.05, 0) is 92.0 Å². The number of amides is 1. The summed E-state index contributed by atoms with van der Waals surface area (Å²) in [7, 11) is -0.677. The molecule has 0 unspecified atom stereocenters. The maximum absolute atomic E-state index is 13.4. The van der Waals surface area contributed by atoms with Crippen molar-refractivity contribution in [3.63, 3.8) is 0 Å². The lowest BCUT2D eigenvalue weighted by molar-refractivity contribution is -0.147. The summed E-state index contributed by atoms with van der Waals surface area (Å²) in [5.74, 6) is 0.267. The van der Waals surface area contributed by atoms with E-state index >= 15 is 0 Å². The molecule has 0 atom stereocenters. The Labute approximate surface area is 247 Å². The SMILES string of the molecule is COC(=O)C1(Cn2c(-c3ccc(OC)cc3)c(C3CCCCC3)c3ccc(C(=O)NS(=O)(=O)C4CCCC4)cc32)CC1. The zero-order chi connectivity index (χ0) is 29.5. The molecule has 1 amide bonds. The van der Waals surface area contributed by atoms with Crippen LogP contribution in [0.4, 0.5) is 0 Å². The van der Waals surface area contributed by atoms with Crippen LogP contribution in [0.25, 0.3) is 22.2 Å². The molecular weight excluding hydrogens is 552 g/mol. The van der Waals surface area contributed by atoms with E-state index in [1.807, 2.05) is 24.3 Å². The number of carbonyl (C=O) groups is 2. The Morgan fingerprint density at radius 1 is 0.929 bits per heavy atom. The molecule has 6 rings (SSSR count). The number of aromatic nitrogens is 1. The second kappa shape index (κ2) is 11.4. The van der Waals surface area contributed by atoms with Gasteiger partial charge in [-0.15, -0.1) is 0 Å². The summed E-state index contributed by atoms with van der Waals surface area (Å²) in [5.41, 5.74) is 3.82. The van der Waals surface area contributed by atoms with Crippen LogP contribution in [-0.2, 0) is 26.1 Å². The minimum absolute atomic E-state index is 0.221. The molecule has 3 aromatic rings. The van der Waals surface area contributed by atoms with Crippen LogP contribution in [-0.4, -0.2) is 44.3 Å². The fraction of sp³-hybridized carbons (Fsp3) is 0.515. The van der Waals surface area contributed by atoms with Crippen LogP contribution in [0.3, 0.4) is 0 Å². The monoisotopic (exact) mass is 592 g/mol. The number of hydrogen-bond acceptors (Lipinski definition) is 6. The summed E-state index contributed by atoms with van der Waals surface area (Å²) in [6.07, 6.45) is 10.0. The highest BCUT2D eigenvalue weighted by atomic mass is 32.2. The van der Waals surface area contributed by atoms with Crippen molar-refractivity contribution in [3.05, 3.63) is 53.6 Å². The third kappa shape index (κ3) is 5.32. The van der Waals surface area contributed by atoms with Crippen molar-refractivity contribution in [3.8, 4) is 17.0 Å². The molecular formula is C33H40N2O6S. The molecule has 1 heterocycles. The average Bonchev–Trinajstić information content (AvgIpc) is 3.43. The Bertz CT molecular complexity index is 1590. The number of nitrogens with one attached hydrogen (secondary N) is 1. The molecule has 3 aliphatic rings. The van der Waals surface area contributed by atoms with Crippen molar-refractivity contribution in [2.75, 3.05) is 14.2 Å².